The molecule has 6 heteroatoms. The van der Waals surface area contributed by atoms with Gasteiger partial charge in [0.15, 0.2) is 5.78 Å². The van der Waals surface area contributed by atoms with Crippen LogP contribution in [0.4, 0.5) is 13.2 Å². The molecular formula is C20H23F3LiOP. The van der Waals surface area contributed by atoms with Gasteiger partial charge in [0.1, 0.15) is 0 Å². The fourth-order valence-electron chi connectivity index (χ4n) is 2.94. The van der Waals surface area contributed by atoms with Crippen molar-refractivity contribution in [2.45, 2.75) is 46.0 Å². The second kappa shape index (κ2) is 8.30. The first-order valence-corrected chi connectivity index (χ1v) is 9.01. The topological polar surface area (TPSA) is 17.1 Å². The van der Waals surface area contributed by atoms with Gasteiger partial charge in [0.2, 0.25) is 0 Å². The van der Waals surface area contributed by atoms with Crippen molar-refractivity contribution in [3.05, 3.63) is 64.2 Å². The molecule has 1 unspecified atom stereocenters. The Bertz CT molecular complexity index is 793. The van der Waals surface area contributed by atoms with Gasteiger partial charge in [0.25, 0.3) is 0 Å². The summed E-state index contributed by atoms with van der Waals surface area (Å²) < 4.78 is 39.1. The summed E-state index contributed by atoms with van der Waals surface area (Å²) in [5.74, 6) is -4.51. The van der Waals surface area contributed by atoms with Gasteiger partial charge in [-0.15, -0.1) is 0 Å². The Balaban J connectivity index is 0.00000338. The van der Waals surface area contributed by atoms with E-state index >= 15 is 0 Å². The summed E-state index contributed by atoms with van der Waals surface area (Å²) in [6.45, 7) is 9.22. The molecule has 0 heterocycles. The molecule has 26 heavy (non-hydrogen) atoms. The molecule has 0 saturated carbocycles. The molecule has 1 atom stereocenters. The van der Waals surface area contributed by atoms with E-state index in [1.807, 2.05) is 20.8 Å². The van der Waals surface area contributed by atoms with Crippen molar-refractivity contribution < 1.29 is 18.0 Å². The number of halogens is 3. The Hall–Kier alpha value is -1.07. The van der Waals surface area contributed by atoms with Gasteiger partial charge in [0, 0.05) is 19.7 Å². The van der Waals surface area contributed by atoms with Gasteiger partial charge < -0.3 is 0 Å². The summed E-state index contributed by atoms with van der Waals surface area (Å²) in [6, 6.07) is 10.5. The quantitative estimate of drug-likeness (QED) is 0.420. The molecule has 0 aliphatic heterocycles. The maximum atomic E-state index is 13.1. The average molecular weight is 374 g/mol. The Morgan fingerprint density at radius 1 is 1.00 bits per heavy atom. The molecule has 0 fully saturated rings. The standard InChI is InChI=1S/C20H22F3OP.Li.H/c1-12-11-15(19(3,4)5)16(13(2)18(12)25-20(21,22)23)17(24)14-9-7-6-8-10-14;;/h6-11,25H,1-5H3;;. The molecule has 2 aromatic rings. The minimum absolute atomic E-state index is 0. The summed E-state index contributed by atoms with van der Waals surface area (Å²) in [5.41, 5.74) is 2.34. The normalized spacial score (nSPS) is 12.3. The van der Waals surface area contributed by atoms with Crippen LogP contribution in [-0.4, -0.2) is 30.6 Å². The van der Waals surface area contributed by atoms with E-state index < -0.39 is 14.5 Å². The Labute approximate surface area is 166 Å². The Morgan fingerprint density at radius 2 is 1.54 bits per heavy atom. The van der Waals surface area contributed by atoms with Crippen LogP contribution in [0.3, 0.4) is 0 Å². The van der Waals surface area contributed by atoms with Gasteiger partial charge in [-0.05, 0) is 41.3 Å². The van der Waals surface area contributed by atoms with Gasteiger partial charge in [-0.25, -0.2) is 0 Å². The Kier molecular flexibility index (Phi) is 7.33. The van der Waals surface area contributed by atoms with E-state index in [1.54, 1.807) is 50.2 Å². The SMILES string of the molecule is Cc1cc(C(C)(C)C)c(C(=O)c2ccccc2)c(C)c1PC(F)(F)F.[LiH]. The van der Waals surface area contributed by atoms with Gasteiger partial charge in [-0.1, -0.05) is 57.2 Å². The van der Waals surface area contributed by atoms with E-state index in [2.05, 4.69) is 0 Å². The number of carbonyl (C=O) groups excluding carboxylic acids is 1. The molecule has 0 spiro atoms. The first-order valence-electron chi connectivity index (χ1n) is 8.01. The van der Waals surface area contributed by atoms with E-state index in [0.717, 1.165) is 5.56 Å². The first kappa shape index (κ1) is 23.0. The third-order valence-corrected chi connectivity index (χ3v) is 5.42. The van der Waals surface area contributed by atoms with Crippen molar-refractivity contribution in [1.82, 2.24) is 0 Å². The van der Waals surface area contributed by atoms with Gasteiger partial charge in [-0.2, -0.15) is 13.2 Å². The van der Waals surface area contributed by atoms with Crippen LogP contribution in [-0.2, 0) is 5.41 Å². The molecule has 0 radical (unpaired) electrons. The van der Waals surface area contributed by atoms with Crippen LogP contribution in [0, 0.1) is 13.8 Å². The molecule has 136 valence electrons. The zero-order valence-corrected chi connectivity index (χ0v) is 16.0. The van der Waals surface area contributed by atoms with Crippen LogP contribution in [0.25, 0.3) is 0 Å². The van der Waals surface area contributed by atoms with Crippen molar-refractivity contribution in [2.75, 3.05) is 0 Å². The molecule has 0 amide bonds. The monoisotopic (exact) mass is 374 g/mol. The maximum absolute atomic E-state index is 13.1. The van der Waals surface area contributed by atoms with Crippen LogP contribution in [0.5, 0.6) is 0 Å². The summed E-state index contributed by atoms with van der Waals surface area (Å²) in [4.78, 5) is 13.1. The fourth-order valence-corrected chi connectivity index (χ4v) is 3.80. The molecule has 1 nitrogen and oxygen atoms in total. The molecule has 0 aromatic heterocycles. The number of alkyl halides is 3. The van der Waals surface area contributed by atoms with Crippen LogP contribution in [0.2, 0.25) is 0 Å². The summed E-state index contributed by atoms with van der Waals surface area (Å²) in [7, 11) is -1.31. The first-order chi connectivity index (χ1) is 11.4. The number of aryl methyl sites for hydroxylation is 1. The summed E-state index contributed by atoms with van der Waals surface area (Å²) in [6.07, 6.45) is 0. The second-order valence-electron chi connectivity index (χ2n) is 7.18. The van der Waals surface area contributed by atoms with Crippen molar-refractivity contribution in [1.29, 1.82) is 0 Å². The number of carbonyl (C=O) groups is 1. The summed E-state index contributed by atoms with van der Waals surface area (Å²) >= 11 is 0. The molecule has 0 aliphatic rings. The van der Waals surface area contributed by atoms with Crippen LogP contribution in [0.1, 0.15) is 53.4 Å². The zero-order valence-electron chi connectivity index (χ0n) is 15.0. The predicted octanol–water partition coefficient (Wildman–Crippen LogP) is 5.01. The minimum atomic E-state index is -4.29. The van der Waals surface area contributed by atoms with Crippen LogP contribution >= 0.6 is 8.58 Å². The predicted molar refractivity (Wildman–Crippen MR) is 106 cm³/mol. The van der Waals surface area contributed by atoms with E-state index in [0.29, 0.717) is 22.3 Å². The number of ketones is 1. The van der Waals surface area contributed by atoms with Crippen molar-refractivity contribution in [3.63, 3.8) is 0 Å². The van der Waals surface area contributed by atoms with Crippen molar-refractivity contribution in [3.8, 4) is 0 Å². The number of rotatable bonds is 3. The average Bonchev–Trinajstić information content (AvgIpc) is 2.49. The zero-order chi connectivity index (χ0) is 19.0. The van der Waals surface area contributed by atoms with Crippen molar-refractivity contribution in [2.24, 2.45) is 0 Å². The molecule has 0 saturated heterocycles. The number of hydrogen-bond acceptors (Lipinski definition) is 1. The number of benzene rings is 2. The fraction of sp³-hybridized carbons (Fsp3) is 0.350. The number of hydrogen-bond donors (Lipinski definition) is 0. The molecule has 0 aliphatic carbocycles. The molecular weight excluding hydrogens is 351 g/mol. The Morgan fingerprint density at radius 3 is 2.00 bits per heavy atom. The van der Waals surface area contributed by atoms with Gasteiger partial charge in [-0.3, -0.25) is 4.79 Å². The van der Waals surface area contributed by atoms with Gasteiger partial charge >= 0.3 is 24.8 Å². The van der Waals surface area contributed by atoms with Crippen LogP contribution in [0.15, 0.2) is 36.4 Å². The van der Waals surface area contributed by atoms with Crippen molar-refractivity contribution >= 4 is 38.5 Å². The third-order valence-electron chi connectivity index (χ3n) is 4.11. The molecule has 2 rings (SSSR count). The third kappa shape index (κ3) is 5.23. The molecule has 0 bridgehead atoms. The molecule has 0 N–H and O–H groups in total. The van der Waals surface area contributed by atoms with E-state index in [-0.39, 0.29) is 35.4 Å². The van der Waals surface area contributed by atoms with Crippen LogP contribution < -0.4 is 5.30 Å². The van der Waals surface area contributed by atoms with E-state index in [4.69, 9.17) is 0 Å². The van der Waals surface area contributed by atoms with Gasteiger partial charge in [0.05, 0.1) is 0 Å². The molecule has 2 aromatic carbocycles. The van der Waals surface area contributed by atoms with E-state index in [9.17, 15) is 18.0 Å². The second-order valence-corrected chi connectivity index (χ2v) is 8.50. The van der Waals surface area contributed by atoms with E-state index in [1.165, 1.54) is 0 Å². The summed E-state index contributed by atoms with van der Waals surface area (Å²) in [5, 5.41) is 0.222.